The summed E-state index contributed by atoms with van der Waals surface area (Å²) in [4.78, 5) is 14.6. The summed E-state index contributed by atoms with van der Waals surface area (Å²) in [5, 5.41) is 15.5. The van der Waals surface area contributed by atoms with Crippen LogP contribution < -0.4 is 10.6 Å². The van der Waals surface area contributed by atoms with Crippen LogP contribution in [-0.2, 0) is 4.89 Å². The van der Waals surface area contributed by atoms with E-state index in [1.165, 1.54) is 32.1 Å². The maximum absolute atomic E-state index is 11.0. The van der Waals surface area contributed by atoms with Crippen molar-refractivity contribution < 1.29 is 14.9 Å². The first-order valence-electron chi connectivity index (χ1n) is 7.25. The van der Waals surface area contributed by atoms with E-state index >= 15 is 0 Å². The predicted molar refractivity (Wildman–Crippen MR) is 83.0 cm³/mol. The molecule has 2 rings (SSSR count). The summed E-state index contributed by atoms with van der Waals surface area (Å²) in [7, 11) is 0. The molecule has 5 nitrogen and oxygen atoms in total. The van der Waals surface area contributed by atoms with Crippen LogP contribution >= 0.6 is 0 Å². The number of amides is 1. The Morgan fingerprint density at radius 3 is 2.90 bits per heavy atom. The predicted octanol–water partition coefficient (Wildman–Crippen LogP) is 1.05. The minimum atomic E-state index is -0.871. The number of nitrogens with one attached hydrogen (secondary N) is 2. The van der Waals surface area contributed by atoms with Gasteiger partial charge in [0.15, 0.2) is 0 Å². The molecular weight excluding hydrogens is 251 g/mol. The molecule has 1 saturated heterocycles. The second kappa shape index (κ2) is 8.47. The third-order valence-electron chi connectivity index (χ3n) is 3.68. The Morgan fingerprint density at radius 1 is 1.25 bits per heavy atom. The maximum atomic E-state index is 11.0. The average molecular weight is 270 g/mol. The van der Waals surface area contributed by atoms with Crippen LogP contribution in [0.1, 0.15) is 49.9 Å². The number of carbonyl (C=O) groups is 1. The van der Waals surface area contributed by atoms with E-state index in [-0.39, 0.29) is 0 Å². The van der Waals surface area contributed by atoms with E-state index in [0.29, 0.717) is 11.5 Å². The van der Waals surface area contributed by atoms with Crippen LogP contribution in [0.5, 0.6) is 0 Å². The van der Waals surface area contributed by atoms with Gasteiger partial charge in [0, 0.05) is 0 Å². The zero-order valence-electron chi connectivity index (χ0n) is 11.6. The Morgan fingerprint density at radius 2 is 2.05 bits per heavy atom. The SMILES string of the molecule is O=C(Nc1bbbc(C2CCCCCCCN2)b1)OO. The van der Waals surface area contributed by atoms with Crippen molar-refractivity contribution in [3.63, 3.8) is 0 Å². The van der Waals surface area contributed by atoms with Crippen LogP contribution in [0, 0.1) is 0 Å². The van der Waals surface area contributed by atoms with Gasteiger partial charge in [0.25, 0.3) is 0 Å². The summed E-state index contributed by atoms with van der Waals surface area (Å²) in [5.41, 5.74) is 0.628. The molecule has 0 aliphatic carbocycles. The third kappa shape index (κ3) is 4.94. The Balaban J connectivity index is 2.05. The van der Waals surface area contributed by atoms with Crippen LogP contribution in [0.25, 0.3) is 0 Å². The second-order valence-corrected chi connectivity index (χ2v) is 5.19. The van der Waals surface area contributed by atoms with E-state index in [2.05, 4.69) is 22.3 Å². The van der Waals surface area contributed by atoms with Gasteiger partial charge in [-0.1, -0.05) is 0 Å². The van der Waals surface area contributed by atoms with Crippen molar-refractivity contribution >= 4 is 38.8 Å². The van der Waals surface area contributed by atoms with Crippen molar-refractivity contribution in [2.24, 2.45) is 0 Å². The van der Waals surface area contributed by atoms with Gasteiger partial charge in [-0.15, -0.1) is 0 Å². The molecule has 1 aliphatic heterocycles. The molecule has 1 fully saturated rings. The van der Waals surface area contributed by atoms with Crippen LogP contribution in [0.2, 0.25) is 0 Å². The molecule has 0 aromatic carbocycles. The molecule has 20 heavy (non-hydrogen) atoms. The number of rotatable bonds is 2. The molecular formula is C11H18B4N2O3. The summed E-state index contributed by atoms with van der Waals surface area (Å²) in [6.07, 6.45) is 6.56. The fourth-order valence-corrected chi connectivity index (χ4v) is 2.64. The van der Waals surface area contributed by atoms with E-state index < -0.39 is 6.09 Å². The number of anilines is 1. The molecule has 1 unspecified atom stereocenters. The van der Waals surface area contributed by atoms with E-state index in [1.54, 1.807) is 6.80 Å². The molecule has 0 spiro atoms. The van der Waals surface area contributed by atoms with Crippen molar-refractivity contribution in [2.75, 3.05) is 11.9 Å². The fourth-order valence-electron chi connectivity index (χ4n) is 2.64. The first kappa shape index (κ1) is 15.6. The van der Waals surface area contributed by atoms with E-state index in [0.717, 1.165) is 18.3 Å². The Kier molecular flexibility index (Phi) is 6.60. The third-order valence-corrected chi connectivity index (χ3v) is 3.68. The molecule has 2 heterocycles. The second-order valence-electron chi connectivity index (χ2n) is 5.19. The first-order chi connectivity index (χ1) is 9.79. The summed E-state index contributed by atoms with van der Waals surface area (Å²) in [6, 6.07) is 0.319. The molecule has 0 radical (unpaired) electrons. The summed E-state index contributed by atoms with van der Waals surface area (Å²) in [5.74, 6) is 0. The molecule has 9 heteroatoms. The van der Waals surface area contributed by atoms with Gasteiger partial charge in [0.2, 0.25) is 0 Å². The number of hydrogen-bond donors (Lipinski definition) is 3. The molecule has 1 aromatic rings. The topological polar surface area (TPSA) is 70.6 Å². The van der Waals surface area contributed by atoms with Gasteiger partial charge in [-0.25, -0.2) is 0 Å². The summed E-state index contributed by atoms with van der Waals surface area (Å²) in [6.45, 7) is 8.69. The minimum absolute atomic E-state index is 0.319. The van der Waals surface area contributed by atoms with Crippen molar-refractivity contribution in [3.8, 4) is 0 Å². The molecule has 1 aliphatic rings. The fraction of sp³-hybridized carbons (Fsp3) is 0.727. The van der Waals surface area contributed by atoms with Gasteiger partial charge in [-0.2, -0.15) is 0 Å². The standard InChI is InChI=1S/C11H18B4N2O3/c18-11(20-19)17-10-12-9(13-15-14-10)8-6-4-2-1-3-5-7-16-8/h8,16,19H,1-7H2,(H,17,18). The van der Waals surface area contributed by atoms with Gasteiger partial charge in [0.1, 0.15) is 0 Å². The van der Waals surface area contributed by atoms with Crippen molar-refractivity contribution in [1.29, 1.82) is 0 Å². The molecule has 0 bridgehead atoms. The molecule has 3 N–H and O–H groups in total. The Labute approximate surface area is 121 Å². The van der Waals surface area contributed by atoms with Gasteiger partial charge >= 0.3 is 121 Å². The Bertz CT molecular complexity index is 439. The monoisotopic (exact) mass is 270 g/mol. The van der Waals surface area contributed by atoms with Crippen LogP contribution in [-0.4, -0.2) is 45.1 Å². The zero-order valence-corrected chi connectivity index (χ0v) is 11.6. The number of carbonyl (C=O) groups excluding carboxylic acids is 1. The summed E-state index contributed by atoms with van der Waals surface area (Å²) >= 11 is 0. The average Bonchev–Trinajstić information content (AvgIpc) is 2.61. The normalized spacial score (nSPS) is 19.6. The van der Waals surface area contributed by atoms with E-state index in [9.17, 15) is 4.79 Å². The van der Waals surface area contributed by atoms with Crippen LogP contribution in [0.3, 0.4) is 0 Å². The van der Waals surface area contributed by atoms with Gasteiger partial charge in [0.05, 0.1) is 0 Å². The molecule has 1 atom stereocenters. The summed E-state index contributed by atoms with van der Waals surface area (Å²) < 4.78 is 0. The zero-order chi connectivity index (χ0) is 14.2. The number of hydrogen-bond acceptors (Lipinski definition) is 4. The first-order valence-corrected chi connectivity index (χ1v) is 7.25. The van der Waals surface area contributed by atoms with Gasteiger partial charge in [-0.3, -0.25) is 0 Å². The van der Waals surface area contributed by atoms with Gasteiger partial charge in [-0.05, 0) is 0 Å². The quantitative estimate of drug-likeness (QED) is 0.554. The van der Waals surface area contributed by atoms with Crippen molar-refractivity contribution in [1.82, 2.24) is 5.32 Å². The van der Waals surface area contributed by atoms with E-state index in [4.69, 9.17) is 5.26 Å². The Hall–Kier alpha value is -0.810. The molecule has 1 amide bonds. The molecule has 102 valence electrons. The van der Waals surface area contributed by atoms with Gasteiger partial charge < -0.3 is 0 Å². The van der Waals surface area contributed by atoms with Crippen LogP contribution in [0.4, 0.5) is 10.3 Å². The molecule has 0 saturated carbocycles. The van der Waals surface area contributed by atoms with Crippen LogP contribution in [0.15, 0.2) is 0 Å². The van der Waals surface area contributed by atoms with Crippen molar-refractivity contribution in [2.45, 2.75) is 44.6 Å². The van der Waals surface area contributed by atoms with Crippen molar-refractivity contribution in [3.05, 3.63) is 5.35 Å². The van der Waals surface area contributed by atoms with E-state index in [1.807, 2.05) is 13.6 Å². The molecule has 1 aromatic heterocycles.